The van der Waals surface area contributed by atoms with Crippen LogP contribution < -0.4 is 0 Å². The molecule has 0 amide bonds. The first kappa shape index (κ1) is 19.1. The summed E-state index contributed by atoms with van der Waals surface area (Å²) in [6, 6.07) is 0. The molecule has 2 atom stereocenters. The summed E-state index contributed by atoms with van der Waals surface area (Å²) >= 11 is 18.9. The molecule has 0 saturated heterocycles. The number of hydrogen-bond acceptors (Lipinski definition) is 7. The van der Waals surface area contributed by atoms with Crippen molar-refractivity contribution < 1.29 is 5.11 Å². The van der Waals surface area contributed by atoms with Gasteiger partial charge in [0.15, 0.2) is 0 Å². The van der Waals surface area contributed by atoms with Gasteiger partial charge in [-0.1, -0.05) is 0 Å². The summed E-state index contributed by atoms with van der Waals surface area (Å²) in [4.78, 5) is 0. The van der Waals surface area contributed by atoms with E-state index in [9.17, 15) is 0 Å². The van der Waals surface area contributed by atoms with Gasteiger partial charge in [0, 0.05) is 45.0 Å². The molecule has 17 heavy (non-hydrogen) atoms. The molecule has 0 spiro atoms. The average molecular weight is 351 g/mol. The SMILES string of the molecule is OCCSCC(S)CSCC(S)CSCCS. The Bertz CT molecular complexity index is 144. The number of aliphatic hydroxyl groups is 1. The van der Waals surface area contributed by atoms with Crippen molar-refractivity contribution in [3.8, 4) is 0 Å². The number of hydrogen-bond donors (Lipinski definition) is 4. The van der Waals surface area contributed by atoms with Crippen LogP contribution in [0.3, 0.4) is 0 Å². The molecule has 1 nitrogen and oxygen atoms in total. The topological polar surface area (TPSA) is 20.2 Å². The lowest BCUT2D eigenvalue weighted by molar-refractivity contribution is 0.322. The molecule has 0 bridgehead atoms. The highest BCUT2D eigenvalue weighted by Crippen LogP contribution is 2.17. The van der Waals surface area contributed by atoms with E-state index in [4.69, 9.17) is 5.11 Å². The zero-order valence-electron chi connectivity index (χ0n) is 9.83. The van der Waals surface area contributed by atoms with Crippen LogP contribution in [0.5, 0.6) is 0 Å². The predicted molar refractivity (Wildman–Crippen MR) is 98.5 cm³/mol. The Morgan fingerprint density at radius 2 is 1.29 bits per heavy atom. The first-order chi connectivity index (χ1) is 8.20. The second kappa shape index (κ2) is 14.5. The van der Waals surface area contributed by atoms with Gasteiger partial charge in [0.2, 0.25) is 0 Å². The van der Waals surface area contributed by atoms with Gasteiger partial charge < -0.3 is 5.11 Å². The summed E-state index contributed by atoms with van der Waals surface area (Å²) in [5.74, 6) is 7.14. The largest absolute Gasteiger partial charge is 0.396 e. The Balaban J connectivity index is 3.29. The van der Waals surface area contributed by atoms with Crippen molar-refractivity contribution in [3.05, 3.63) is 0 Å². The standard InChI is InChI=1S/C10H22OS6/c11-1-3-15-5-9(13)7-17-8-10(14)6-16-4-2-12/h9-14H,1-8H2. The molecule has 0 heterocycles. The van der Waals surface area contributed by atoms with Crippen LogP contribution in [0.2, 0.25) is 0 Å². The van der Waals surface area contributed by atoms with E-state index in [1.807, 2.05) is 23.5 Å². The summed E-state index contributed by atoms with van der Waals surface area (Å²) < 4.78 is 0. The van der Waals surface area contributed by atoms with Gasteiger partial charge in [-0.2, -0.15) is 73.2 Å². The maximum absolute atomic E-state index is 8.66. The first-order valence-corrected chi connectivity index (χ1v) is 10.6. The maximum Gasteiger partial charge on any atom is 0.0521 e. The minimum absolute atomic E-state index is 0.263. The summed E-state index contributed by atoms with van der Waals surface area (Å²) in [6.07, 6.45) is 0. The fourth-order valence-electron chi connectivity index (χ4n) is 1.00. The number of thiol groups is 3. The minimum Gasteiger partial charge on any atom is -0.396 e. The van der Waals surface area contributed by atoms with Crippen LogP contribution in [-0.4, -0.2) is 62.5 Å². The van der Waals surface area contributed by atoms with Crippen LogP contribution in [0.4, 0.5) is 0 Å². The third kappa shape index (κ3) is 14.3. The van der Waals surface area contributed by atoms with Crippen LogP contribution in [0.15, 0.2) is 0 Å². The second-order valence-electron chi connectivity index (χ2n) is 3.44. The lowest BCUT2D eigenvalue weighted by atomic mass is 10.5. The van der Waals surface area contributed by atoms with E-state index in [1.165, 1.54) is 0 Å². The summed E-state index contributed by atoms with van der Waals surface area (Å²) in [6.45, 7) is 0.263. The number of aliphatic hydroxyl groups excluding tert-OH is 1. The van der Waals surface area contributed by atoms with Crippen LogP contribution in [0.1, 0.15) is 0 Å². The van der Waals surface area contributed by atoms with Gasteiger partial charge in [-0.3, -0.25) is 0 Å². The molecule has 0 aliphatic rings. The molecule has 0 fully saturated rings. The fourth-order valence-corrected chi connectivity index (χ4v) is 5.24. The Morgan fingerprint density at radius 1 is 0.824 bits per heavy atom. The van der Waals surface area contributed by atoms with E-state index >= 15 is 0 Å². The van der Waals surface area contributed by atoms with Crippen molar-refractivity contribution in [2.45, 2.75) is 10.5 Å². The highest BCUT2D eigenvalue weighted by molar-refractivity contribution is 8.02. The van der Waals surface area contributed by atoms with Crippen molar-refractivity contribution in [1.82, 2.24) is 0 Å². The Hall–Kier alpha value is 2.06. The van der Waals surface area contributed by atoms with Crippen LogP contribution in [0.25, 0.3) is 0 Å². The van der Waals surface area contributed by atoms with Crippen molar-refractivity contribution in [3.63, 3.8) is 0 Å². The van der Waals surface area contributed by atoms with Crippen molar-refractivity contribution in [2.75, 3.05) is 46.9 Å². The Morgan fingerprint density at radius 3 is 1.76 bits per heavy atom. The minimum atomic E-state index is 0.263. The molecule has 0 radical (unpaired) electrons. The molecule has 0 aromatic rings. The molecule has 0 aliphatic heterocycles. The van der Waals surface area contributed by atoms with E-state index in [1.54, 1.807) is 11.8 Å². The Labute approximate surface area is 135 Å². The highest BCUT2D eigenvalue weighted by atomic mass is 32.2. The van der Waals surface area contributed by atoms with Crippen LogP contribution in [-0.2, 0) is 0 Å². The fraction of sp³-hybridized carbons (Fsp3) is 1.00. The van der Waals surface area contributed by atoms with Crippen LogP contribution in [0, 0.1) is 0 Å². The maximum atomic E-state index is 8.66. The summed E-state index contributed by atoms with van der Waals surface area (Å²) in [7, 11) is 0. The molecule has 2 unspecified atom stereocenters. The Kier molecular flexibility index (Phi) is 16.2. The van der Waals surface area contributed by atoms with Crippen molar-refractivity contribution >= 4 is 73.2 Å². The molecule has 104 valence electrons. The average Bonchev–Trinajstić information content (AvgIpc) is 2.30. The van der Waals surface area contributed by atoms with Gasteiger partial charge in [0.1, 0.15) is 0 Å². The number of thioether (sulfide) groups is 3. The number of rotatable bonds is 12. The molecule has 7 heteroatoms. The third-order valence-electron chi connectivity index (χ3n) is 1.71. The second-order valence-corrected chi connectivity index (χ2v) is 8.72. The molecule has 0 aromatic carbocycles. The molecular formula is C10H22OS6. The van der Waals surface area contributed by atoms with Crippen molar-refractivity contribution in [1.29, 1.82) is 0 Å². The van der Waals surface area contributed by atoms with Gasteiger partial charge in [0.25, 0.3) is 0 Å². The van der Waals surface area contributed by atoms with Gasteiger partial charge in [-0.25, -0.2) is 0 Å². The van der Waals surface area contributed by atoms with E-state index in [-0.39, 0.29) is 6.61 Å². The van der Waals surface area contributed by atoms with Gasteiger partial charge in [-0.05, 0) is 5.75 Å². The normalized spacial score (nSPS) is 14.8. The quantitative estimate of drug-likeness (QED) is 0.320. The summed E-state index contributed by atoms with van der Waals surface area (Å²) in [5.41, 5.74) is 0. The van der Waals surface area contributed by atoms with Crippen LogP contribution >= 0.6 is 73.2 Å². The molecule has 1 N–H and O–H groups in total. The molecule has 0 rings (SSSR count). The van der Waals surface area contributed by atoms with E-state index in [0.29, 0.717) is 10.5 Å². The first-order valence-electron chi connectivity index (χ1n) is 5.51. The molecule has 0 aromatic heterocycles. The van der Waals surface area contributed by atoms with Crippen molar-refractivity contribution in [2.24, 2.45) is 0 Å². The highest BCUT2D eigenvalue weighted by Gasteiger charge is 2.07. The molecule has 0 saturated carbocycles. The lowest BCUT2D eigenvalue weighted by Gasteiger charge is -2.12. The van der Waals surface area contributed by atoms with Gasteiger partial charge >= 0.3 is 0 Å². The van der Waals surface area contributed by atoms with Gasteiger partial charge in [0.05, 0.1) is 6.61 Å². The molecule has 0 aliphatic carbocycles. The van der Waals surface area contributed by atoms with E-state index in [0.717, 1.165) is 40.3 Å². The van der Waals surface area contributed by atoms with Gasteiger partial charge in [-0.15, -0.1) is 0 Å². The lowest BCUT2D eigenvalue weighted by Crippen LogP contribution is -2.12. The summed E-state index contributed by atoms with van der Waals surface area (Å²) in [5, 5.41) is 9.55. The van der Waals surface area contributed by atoms with E-state index < -0.39 is 0 Å². The zero-order valence-corrected chi connectivity index (χ0v) is 15.0. The third-order valence-corrected chi connectivity index (χ3v) is 7.47. The predicted octanol–water partition coefficient (Wildman–Crippen LogP) is 2.70. The van der Waals surface area contributed by atoms with E-state index in [2.05, 4.69) is 37.9 Å². The monoisotopic (exact) mass is 350 g/mol. The zero-order chi connectivity index (χ0) is 12.9. The molecular weight excluding hydrogens is 329 g/mol. The smallest absolute Gasteiger partial charge is 0.0521 e.